The molecule has 2 amide bonds. The number of fused-ring (bicyclic) bond motifs is 1. The van der Waals surface area contributed by atoms with Crippen LogP contribution in [-0.4, -0.2) is 74.5 Å². The summed E-state index contributed by atoms with van der Waals surface area (Å²) < 4.78 is 7.41. The maximum absolute atomic E-state index is 12.8. The molecule has 11 heteroatoms. The number of aromatic nitrogens is 3. The second-order valence-electron chi connectivity index (χ2n) is 7.23. The molecule has 168 valence electrons. The van der Waals surface area contributed by atoms with Crippen LogP contribution in [0, 0.1) is 0 Å². The monoisotopic (exact) mass is 449 g/mol. The Hall–Kier alpha value is -2.82. The molecule has 10 nitrogen and oxygen atoms in total. The van der Waals surface area contributed by atoms with Crippen molar-refractivity contribution < 1.29 is 14.3 Å². The van der Waals surface area contributed by atoms with Gasteiger partial charge in [0.05, 0.1) is 17.7 Å². The highest BCUT2D eigenvalue weighted by molar-refractivity contribution is 8.00. The lowest BCUT2D eigenvalue weighted by Crippen LogP contribution is -2.51. The van der Waals surface area contributed by atoms with Crippen LogP contribution in [-0.2, 0) is 30.0 Å². The Balaban J connectivity index is 1.80. The number of hydrogen-bond acceptors (Lipinski definition) is 7. The van der Waals surface area contributed by atoms with Crippen molar-refractivity contribution in [2.75, 3.05) is 38.5 Å². The number of carbonyl (C=O) groups excluding carboxylic acids is 2. The number of nitrogens with zero attached hydrogens (tertiary/aromatic N) is 5. The number of thioether (sulfide) groups is 1. The van der Waals surface area contributed by atoms with Crippen LogP contribution >= 0.6 is 11.8 Å². The molecule has 0 radical (unpaired) electrons. The van der Waals surface area contributed by atoms with E-state index >= 15 is 0 Å². The number of amides is 2. The van der Waals surface area contributed by atoms with Gasteiger partial charge in [0.25, 0.3) is 5.56 Å². The fourth-order valence-corrected chi connectivity index (χ4v) is 4.69. The first-order valence-corrected chi connectivity index (χ1v) is 11.2. The van der Waals surface area contributed by atoms with E-state index in [9.17, 15) is 19.2 Å². The third-order valence-electron chi connectivity index (χ3n) is 5.37. The largest absolute Gasteiger partial charge is 0.450 e. The smallest absolute Gasteiger partial charge is 0.409 e. The van der Waals surface area contributed by atoms with Crippen molar-refractivity contribution in [2.45, 2.75) is 25.2 Å². The highest BCUT2D eigenvalue weighted by Crippen LogP contribution is 2.28. The molecule has 0 N–H and O–H groups in total. The van der Waals surface area contributed by atoms with E-state index in [1.165, 1.54) is 23.4 Å². The molecule has 1 aliphatic heterocycles. The molecule has 0 atom stereocenters. The molecule has 2 aromatic rings. The summed E-state index contributed by atoms with van der Waals surface area (Å²) in [5, 5.41) is 0.355. The van der Waals surface area contributed by atoms with E-state index in [-0.39, 0.29) is 17.8 Å². The van der Waals surface area contributed by atoms with E-state index in [4.69, 9.17) is 4.74 Å². The Labute approximate surface area is 183 Å². The lowest BCUT2D eigenvalue weighted by molar-refractivity contribution is -0.129. The lowest BCUT2D eigenvalue weighted by atomic mass is 10.2. The van der Waals surface area contributed by atoms with E-state index in [1.54, 1.807) is 30.0 Å². The Morgan fingerprint density at radius 2 is 1.71 bits per heavy atom. The number of ether oxygens (including phenoxy) is 1. The summed E-state index contributed by atoms with van der Waals surface area (Å²) in [6.07, 6.45) is 1.94. The minimum Gasteiger partial charge on any atom is -0.450 e. The number of rotatable bonds is 5. The average Bonchev–Trinajstić information content (AvgIpc) is 2.79. The normalized spacial score (nSPS) is 14.2. The highest BCUT2D eigenvalue weighted by Gasteiger charge is 2.25. The van der Waals surface area contributed by atoms with Gasteiger partial charge < -0.3 is 14.5 Å². The van der Waals surface area contributed by atoms with Gasteiger partial charge in [-0.15, -0.1) is 11.8 Å². The van der Waals surface area contributed by atoms with Crippen LogP contribution in [0.25, 0.3) is 11.0 Å². The first kappa shape index (κ1) is 22.9. The van der Waals surface area contributed by atoms with Crippen molar-refractivity contribution in [1.29, 1.82) is 0 Å². The van der Waals surface area contributed by atoms with Crippen molar-refractivity contribution in [1.82, 2.24) is 23.9 Å². The van der Waals surface area contributed by atoms with Gasteiger partial charge in [0.15, 0.2) is 0 Å². The first-order chi connectivity index (χ1) is 14.8. The molecular formula is C20H27N5O5S. The number of hydrogen-bond donors (Lipinski definition) is 0. The molecule has 0 spiro atoms. The molecule has 31 heavy (non-hydrogen) atoms. The zero-order valence-electron chi connectivity index (χ0n) is 18.2. The molecule has 3 rings (SSSR count). The van der Waals surface area contributed by atoms with Gasteiger partial charge in [-0.25, -0.2) is 14.6 Å². The van der Waals surface area contributed by atoms with Gasteiger partial charge in [0.1, 0.15) is 5.65 Å². The maximum Gasteiger partial charge on any atom is 0.409 e. The number of carbonyl (C=O) groups is 2. The maximum atomic E-state index is 12.8. The molecule has 0 aromatic carbocycles. The molecule has 0 unspecified atom stereocenters. The van der Waals surface area contributed by atoms with Gasteiger partial charge in [-0.1, -0.05) is 6.92 Å². The Morgan fingerprint density at radius 3 is 2.32 bits per heavy atom. The highest BCUT2D eigenvalue weighted by atomic mass is 32.2. The molecule has 1 fully saturated rings. The van der Waals surface area contributed by atoms with E-state index in [2.05, 4.69) is 4.98 Å². The zero-order chi connectivity index (χ0) is 22.7. The van der Waals surface area contributed by atoms with Gasteiger partial charge in [-0.3, -0.25) is 18.7 Å². The first-order valence-electron chi connectivity index (χ1n) is 10.2. The van der Waals surface area contributed by atoms with E-state index in [0.717, 1.165) is 10.1 Å². The second-order valence-corrected chi connectivity index (χ2v) is 8.21. The zero-order valence-corrected chi connectivity index (χ0v) is 19.0. The molecule has 0 aliphatic carbocycles. The number of aryl methyl sites for hydroxylation is 2. The molecule has 1 aliphatic rings. The van der Waals surface area contributed by atoms with Gasteiger partial charge >= 0.3 is 11.8 Å². The summed E-state index contributed by atoms with van der Waals surface area (Å²) in [6.45, 7) is 5.76. The predicted octanol–water partition coefficient (Wildman–Crippen LogP) is 0.587. The van der Waals surface area contributed by atoms with Crippen LogP contribution in [0.3, 0.4) is 0 Å². The number of piperazine rings is 1. The topological polar surface area (TPSA) is 107 Å². The van der Waals surface area contributed by atoms with E-state index < -0.39 is 11.2 Å². The molecule has 0 bridgehead atoms. The summed E-state index contributed by atoms with van der Waals surface area (Å²) in [6, 6.07) is 0. The van der Waals surface area contributed by atoms with Crippen LogP contribution in [0.2, 0.25) is 0 Å². The van der Waals surface area contributed by atoms with Crippen LogP contribution in [0.1, 0.15) is 19.4 Å². The lowest BCUT2D eigenvalue weighted by Gasteiger charge is -2.34. The summed E-state index contributed by atoms with van der Waals surface area (Å²) in [4.78, 5) is 58.0. The molecule has 0 saturated carbocycles. The van der Waals surface area contributed by atoms with Gasteiger partial charge in [0.2, 0.25) is 5.91 Å². The van der Waals surface area contributed by atoms with Crippen molar-refractivity contribution in [2.24, 2.45) is 14.1 Å². The average molecular weight is 450 g/mol. The van der Waals surface area contributed by atoms with Crippen LogP contribution in [0.5, 0.6) is 0 Å². The van der Waals surface area contributed by atoms with Crippen LogP contribution in [0.15, 0.2) is 20.7 Å². The molecular weight excluding hydrogens is 422 g/mol. The third kappa shape index (κ3) is 4.46. The van der Waals surface area contributed by atoms with Crippen LogP contribution in [0.4, 0.5) is 4.79 Å². The Kier molecular flexibility index (Phi) is 7.04. The standard InChI is InChI=1S/C20H27N5O5S/c1-5-13-11-21-17-15(18(27)23(4)19(28)22(17)3)16(13)31-12-14(26)24-7-9-25(10-8-24)20(29)30-6-2/h11H,5-10,12H2,1-4H3. The molecule has 2 aromatic heterocycles. The molecule has 3 heterocycles. The van der Waals surface area contributed by atoms with Crippen molar-refractivity contribution in [3.05, 3.63) is 32.6 Å². The van der Waals surface area contributed by atoms with Crippen LogP contribution < -0.4 is 11.2 Å². The van der Waals surface area contributed by atoms with Crippen molar-refractivity contribution >= 4 is 34.8 Å². The Morgan fingerprint density at radius 1 is 1.06 bits per heavy atom. The Bertz CT molecular complexity index is 1120. The van der Waals surface area contributed by atoms with Crippen molar-refractivity contribution in [3.63, 3.8) is 0 Å². The fourth-order valence-electron chi connectivity index (χ4n) is 3.54. The van der Waals surface area contributed by atoms with Gasteiger partial charge in [-0.2, -0.15) is 0 Å². The minimum atomic E-state index is -0.444. The number of pyridine rings is 1. The fraction of sp³-hybridized carbons (Fsp3) is 0.550. The minimum absolute atomic E-state index is 0.0674. The summed E-state index contributed by atoms with van der Waals surface area (Å²) >= 11 is 1.29. The second kappa shape index (κ2) is 9.54. The quantitative estimate of drug-likeness (QED) is 0.615. The summed E-state index contributed by atoms with van der Waals surface area (Å²) in [5.74, 6) is 0.0829. The predicted molar refractivity (Wildman–Crippen MR) is 118 cm³/mol. The SMILES string of the molecule is CCOC(=O)N1CCN(C(=O)CSc2c(CC)cnc3c2c(=O)n(C)c(=O)n3C)CC1. The summed E-state index contributed by atoms with van der Waals surface area (Å²) in [5.41, 5.74) is 0.302. The van der Waals surface area contributed by atoms with Crippen molar-refractivity contribution in [3.8, 4) is 0 Å². The van der Waals surface area contributed by atoms with E-state index in [0.29, 0.717) is 55.1 Å². The molecule has 1 saturated heterocycles. The van der Waals surface area contributed by atoms with Gasteiger partial charge in [-0.05, 0) is 18.9 Å². The van der Waals surface area contributed by atoms with Gasteiger partial charge in [0, 0.05) is 51.4 Å². The van der Waals surface area contributed by atoms with E-state index in [1.807, 2.05) is 6.92 Å². The summed E-state index contributed by atoms with van der Waals surface area (Å²) in [7, 11) is 3.01. The third-order valence-corrected chi connectivity index (χ3v) is 6.52.